The molecule has 1 rings (SSSR count). The smallest absolute Gasteiger partial charge is 0.191 e. The fourth-order valence-electron chi connectivity index (χ4n) is 2.24. The first-order chi connectivity index (χ1) is 11.5. The monoisotopic (exact) mass is 464 g/mol. The van der Waals surface area contributed by atoms with Crippen LogP contribution in [0.3, 0.4) is 0 Å². The number of aryl methyl sites for hydroxylation is 1. The molecule has 0 saturated heterocycles. The molecule has 1 heterocycles. The van der Waals surface area contributed by atoms with Crippen molar-refractivity contribution in [3.63, 3.8) is 0 Å². The summed E-state index contributed by atoms with van der Waals surface area (Å²) < 4.78 is 7.72. The molecule has 1 aromatic heterocycles. The highest BCUT2D eigenvalue weighted by atomic mass is 127. The molecule has 0 amide bonds. The molecule has 0 spiro atoms. The number of nitrogens with zero attached hydrogens (tertiary/aromatic N) is 4. The largest absolute Gasteiger partial charge is 0.378 e. The van der Waals surface area contributed by atoms with Gasteiger partial charge in [0.2, 0.25) is 0 Å². The van der Waals surface area contributed by atoms with E-state index in [2.05, 4.69) is 46.2 Å². The van der Waals surface area contributed by atoms with Crippen LogP contribution in [0.2, 0.25) is 0 Å². The van der Waals surface area contributed by atoms with Gasteiger partial charge in [-0.2, -0.15) is 0 Å². The molecule has 7 nitrogen and oxygen atoms in total. The van der Waals surface area contributed by atoms with Gasteiger partial charge in [-0.1, -0.05) is 19.9 Å². The van der Waals surface area contributed by atoms with Crippen LogP contribution < -0.4 is 10.6 Å². The van der Waals surface area contributed by atoms with E-state index < -0.39 is 0 Å². The van der Waals surface area contributed by atoms with Gasteiger partial charge in [-0.05, 0) is 26.2 Å². The third kappa shape index (κ3) is 8.66. The second-order valence-electron chi connectivity index (χ2n) is 6.01. The van der Waals surface area contributed by atoms with E-state index in [4.69, 9.17) is 4.74 Å². The molecule has 144 valence electrons. The van der Waals surface area contributed by atoms with E-state index in [0.717, 1.165) is 37.2 Å². The highest BCUT2D eigenvalue weighted by Crippen LogP contribution is 2.09. The van der Waals surface area contributed by atoms with E-state index >= 15 is 0 Å². The predicted molar refractivity (Wildman–Crippen MR) is 113 cm³/mol. The quantitative estimate of drug-likeness (QED) is 0.241. The summed E-state index contributed by atoms with van der Waals surface area (Å²) in [5.74, 6) is 2.95. The Labute approximate surface area is 168 Å². The summed E-state index contributed by atoms with van der Waals surface area (Å²) in [6, 6.07) is 0. The van der Waals surface area contributed by atoms with Gasteiger partial charge in [0.25, 0.3) is 0 Å². The molecule has 0 aliphatic heterocycles. The minimum Gasteiger partial charge on any atom is -0.378 e. The molecule has 0 aliphatic carbocycles. The minimum atomic E-state index is 0. The molecule has 0 fully saturated rings. The second-order valence-corrected chi connectivity index (χ2v) is 6.01. The number of rotatable bonds is 10. The molecule has 0 radical (unpaired) electrons. The topological polar surface area (TPSA) is 76.4 Å². The first-order valence-electron chi connectivity index (χ1n) is 8.59. The molecule has 2 N–H and O–H groups in total. The van der Waals surface area contributed by atoms with Gasteiger partial charge in [0.1, 0.15) is 12.4 Å². The Morgan fingerprint density at radius 3 is 2.60 bits per heavy atom. The fraction of sp³-hybridized carbons (Fsp3) is 0.706. The van der Waals surface area contributed by atoms with Crippen molar-refractivity contribution >= 4 is 29.9 Å². The molecule has 0 saturated carbocycles. The maximum Gasteiger partial charge on any atom is 0.191 e. The molecule has 0 aromatic carbocycles. The number of aliphatic imine (C=N–C) groups is 1. The van der Waals surface area contributed by atoms with Crippen molar-refractivity contribution in [2.45, 2.75) is 46.8 Å². The van der Waals surface area contributed by atoms with Gasteiger partial charge in [-0.3, -0.25) is 0 Å². The van der Waals surface area contributed by atoms with Gasteiger partial charge in [0.05, 0.1) is 6.10 Å². The van der Waals surface area contributed by atoms with Crippen LogP contribution in [0.15, 0.2) is 17.6 Å². The van der Waals surface area contributed by atoms with Crippen molar-refractivity contribution in [3.8, 4) is 0 Å². The zero-order valence-corrected chi connectivity index (χ0v) is 18.4. The normalized spacial score (nSPS) is 12.6. The van der Waals surface area contributed by atoms with E-state index in [1.807, 2.05) is 25.5 Å². The summed E-state index contributed by atoms with van der Waals surface area (Å²) in [7, 11) is 1.94. The Morgan fingerprint density at radius 2 is 2.08 bits per heavy atom. The lowest BCUT2D eigenvalue weighted by atomic mass is 10.0. The molecule has 1 atom stereocenters. The van der Waals surface area contributed by atoms with E-state index in [1.54, 1.807) is 6.08 Å². The Hall–Kier alpha value is -1.16. The van der Waals surface area contributed by atoms with Gasteiger partial charge in [0.15, 0.2) is 11.8 Å². The average molecular weight is 464 g/mol. The van der Waals surface area contributed by atoms with Crippen LogP contribution in [-0.2, 0) is 18.3 Å². The molecular formula is C17H33IN6O. The molecule has 0 bridgehead atoms. The third-order valence-electron chi connectivity index (χ3n) is 3.82. The number of hydrogen-bond acceptors (Lipinski definition) is 4. The predicted octanol–water partition coefficient (Wildman–Crippen LogP) is 2.41. The lowest BCUT2D eigenvalue weighted by Crippen LogP contribution is -2.39. The van der Waals surface area contributed by atoms with Crippen molar-refractivity contribution in [1.82, 2.24) is 25.4 Å². The number of nitrogens with one attached hydrogen (secondary N) is 2. The Bertz CT molecular complexity index is 529. The zero-order chi connectivity index (χ0) is 17.9. The summed E-state index contributed by atoms with van der Waals surface area (Å²) in [5, 5.41) is 14.8. The standard InChI is InChI=1S/C17H32N6O.HI/c1-7-10-18-17(19-11-9-15(13(3)4)24-8-2)20-12-16-22-21-14(5)23(16)6;/h7,13,15H,1,8-12H2,2-6H3,(H2,18,19,20);1H. The van der Waals surface area contributed by atoms with Gasteiger partial charge >= 0.3 is 0 Å². The minimum absolute atomic E-state index is 0. The van der Waals surface area contributed by atoms with Crippen molar-refractivity contribution in [3.05, 3.63) is 24.3 Å². The van der Waals surface area contributed by atoms with E-state index in [9.17, 15) is 0 Å². The van der Waals surface area contributed by atoms with Crippen LogP contribution in [0.4, 0.5) is 0 Å². The summed E-state index contributed by atoms with van der Waals surface area (Å²) in [4.78, 5) is 4.58. The maximum atomic E-state index is 5.78. The van der Waals surface area contributed by atoms with Crippen LogP contribution >= 0.6 is 24.0 Å². The highest BCUT2D eigenvalue weighted by Gasteiger charge is 2.13. The van der Waals surface area contributed by atoms with Gasteiger partial charge in [0, 0.05) is 26.7 Å². The van der Waals surface area contributed by atoms with Crippen LogP contribution in [0.5, 0.6) is 0 Å². The molecule has 8 heteroatoms. The highest BCUT2D eigenvalue weighted by molar-refractivity contribution is 14.0. The third-order valence-corrected chi connectivity index (χ3v) is 3.82. The first kappa shape index (κ1) is 23.8. The lowest BCUT2D eigenvalue weighted by Gasteiger charge is -2.21. The average Bonchev–Trinajstić information content (AvgIpc) is 2.87. The Morgan fingerprint density at radius 1 is 1.36 bits per heavy atom. The van der Waals surface area contributed by atoms with E-state index in [1.165, 1.54) is 0 Å². The van der Waals surface area contributed by atoms with Crippen molar-refractivity contribution < 1.29 is 4.74 Å². The van der Waals surface area contributed by atoms with Crippen molar-refractivity contribution in [2.24, 2.45) is 18.0 Å². The summed E-state index contributed by atoms with van der Waals surface area (Å²) in [6.07, 6.45) is 2.99. The molecule has 0 aliphatic rings. The number of ether oxygens (including phenoxy) is 1. The molecular weight excluding hydrogens is 431 g/mol. The number of aromatic nitrogens is 3. The summed E-state index contributed by atoms with van der Waals surface area (Å²) in [6.45, 7) is 14.7. The first-order valence-corrected chi connectivity index (χ1v) is 8.59. The molecule has 1 aromatic rings. The SMILES string of the molecule is C=CCNC(=NCc1nnc(C)n1C)NCCC(OCC)C(C)C.I. The summed E-state index contributed by atoms with van der Waals surface area (Å²) >= 11 is 0. The van der Waals surface area contributed by atoms with Gasteiger partial charge in [-0.25, -0.2) is 4.99 Å². The fourth-order valence-corrected chi connectivity index (χ4v) is 2.24. The van der Waals surface area contributed by atoms with Crippen LogP contribution in [0.25, 0.3) is 0 Å². The van der Waals surface area contributed by atoms with Gasteiger partial charge in [-0.15, -0.1) is 40.8 Å². The number of guanidine groups is 1. The van der Waals surface area contributed by atoms with Crippen molar-refractivity contribution in [2.75, 3.05) is 19.7 Å². The maximum absolute atomic E-state index is 5.78. The van der Waals surface area contributed by atoms with Crippen LogP contribution in [0.1, 0.15) is 38.8 Å². The van der Waals surface area contributed by atoms with Gasteiger partial charge < -0.3 is 19.9 Å². The Kier molecular flexibility index (Phi) is 12.5. The molecule has 1 unspecified atom stereocenters. The number of hydrogen-bond donors (Lipinski definition) is 2. The lowest BCUT2D eigenvalue weighted by molar-refractivity contribution is 0.0258. The van der Waals surface area contributed by atoms with E-state index in [0.29, 0.717) is 19.0 Å². The molecule has 25 heavy (non-hydrogen) atoms. The Balaban J connectivity index is 0.00000576. The second kappa shape index (κ2) is 13.1. The van der Waals surface area contributed by atoms with Crippen molar-refractivity contribution in [1.29, 1.82) is 0 Å². The number of halogens is 1. The summed E-state index contributed by atoms with van der Waals surface area (Å²) in [5.41, 5.74) is 0. The van der Waals surface area contributed by atoms with Crippen LogP contribution in [0, 0.1) is 12.8 Å². The van der Waals surface area contributed by atoms with E-state index in [-0.39, 0.29) is 30.1 Å². The zero-order valence-electron chi connectivity index (χ0n) is 16.1. The van der Waals surface area contributed by atoms with Crippen LogP contribution in [-0.4, -0.2) is 46.5 Å².